The van der Waals surface area contributed by atoms with Gasteiger partial charge in [-0.1, -0.05) is 12.5 Å². The van der Waals surface area contributed by atoms with Gasteiger partial charge in [-0.15, -0.1) is 0 Å². The van der Waals surface area contributed by atoms with Gasteiger partial charge in [0.25, 0.3) is 0 Å². The van der Waals surface area contributed by atoms with Gasteiger partial charge in [0.05, 0.1) is 24.1 Å². The van der Waals surface area contributed by atoms with Crippen LogP contribution in [0.25, 0.3) is 11.0 Å². The molecule has 25 heavy (non-hydrogen) atoms. The standard InChI is InChI=1S/C18H21N3O3S/c1-21(11-12-5-6-14-15(9-12)20-25-19-14)17(23)13-10-16(22)24-18(13)7-3-2-4-8-18/h5-6,9,13H,2-4,7-8,10-11H2,1H3/t13-/m1/s1. The minimum Gasteiger partial charge on any atom is -0.458 e. The Bertz CT molecular complexity index is 813. The van der Waals surface area contributed by atoms with E-state index in [0.29, 0.717) is 6.54 Å². The molecule has 6 nitrogen and oxygen atoms in total. The molecule has 2 fully saturated rings. The molecule has 1 saturated heterocycles. The molecule has 0 bridgehead atoms. The number of hydrogen-bond donors (Lipinski definition) is 0. The largest absolute Gasteiger partial charge is 0.458 e. The van der Waals surface area contributed by atoms with Crippen LogP contribution in [0, 0.1) is 5.92 Å². The van der Waals surface area contributed by atoms with Crippen LogP contribution in [-0.4, -0.2) is 38.2 Å². The number of nitrogens with zero attached hydrogens (tertiary/aromatic N) is 3. The summed E-state index contributed by atoms with van der Waals surface area (Å²) in [5, 5.41) is 0. The molecule has 1 aromatic heterocycles. The van der Waals surface area contributed by atoms with Gasteiger partial charge in [-0.3, -0.25) is 9.59 Å². The number of ether oxygens (including phenoxy) is 1. The first-order valence-corrected chi connectivity index (χ1v) is 9.48. The Labute approximate surface area is 150 Å². The van der Waals surface area contributed by atoms with Crippen LogP contribution in [0.5, 0.6) is 0 Å². The molecule has 2 aromatic rings. The average molecular weight is 359 g/mol. The van der Waals surface area contributed by atoms with E-state index < -0.39 is 5.60 Å². The van der Waals surface area contributed by atoms with Gasteiger partial charge < -0.3 is 9.64 Å². The van der Waals surface area contributed by atoms with Crippen LogP contribution in [0.4, 0.5) is 0 Å². The minimum absolute atomic E-state index is 0.00393. The smallest absolute Gasteiger partial charge is 0.307 e. The number of carbonyl (C=O) groups excluding carboxylic acids is 2. The topological polar surface area (TPSA) is 72.4 Å². The van der Waals surface area contributed by atoms with Crippen molar-refractivity contribution in [1.82, 2.24) is 13.6 Å². The van der Waals surface area contributed by atoms with E-state index in [4.69, 9.17) is 4.74 Å². The Morgan fingerprint density at radius 2 is 2.04 bits per heavy atom. The minimum atomic E-state index is -0.566. The average Bonchev–Trinajstić information content (AvgIpc) is 3.19. The molecule has 1 atom stereocenters. The first-order chi connectivity index (χ1) is 12.1. The van der Waals surface area contributed by atoms with Crippen molar-refractivity contribution in [3.63, 3.8) is 0 Å². The molecular weight excluding hydrogens is 338 g/mol. The predicted molar refractivity (Wildman–Crippen MR) is 93.9 cm³/mol. The van der Waals surface area contributed by atoms with Gasteiger partial charge in [0.2, 0.25) is 5.91 Å². The summed E-state index contributed by atoms with van der Waals surface area (Å²) >= 11 is 1.19. The van der Waals surface area contributed by atoms with Crippen LogP contribution in [0.1, 0.15) is 44.1 Å². The lowest BCUT2D eigenvalue weighted by molar-refractivity contribution is -0.155. The van der Waals surface area contributed by atoms with Crippen molar-refractivity contribution >= 4 is 34.6 Å². The van der Waals surface area contributed by atoms with Gasteiger partial charge in [-0.2, -0.15) is 8.75 Å². The van der Waals surface area contributed by atoms with Crippen LogP contribution >= 0.6 is 11.7 Å². The van der Waals surface area contributed by atoms with Crippen molar-refractivity contribution in [3.05, 3.63) is 23.8 Å². The van der Waals surface area contributed by atoms with Crippen molar-refractivity contribution in [1.29, 1.82) is 0 Å². The van der Waals surface area contributed by atoms with E-state index in [0.717, 1.165) is 48.7 Å². The molecule has 1 spiro atoms. The summed E-state index contributed by atoms with van der Waals surface area (Å²) in [5.74, 6) is -0.581. The molecular formula is C18H21N3O3S. The van der Waals surface area contributed by atoms with Gasteiger partial charge >= 0.3 is 5.97 Å². The lowest BCUT2D eigenvalue weighted by Gasteiger charge is -2.37. The van der Waals surface area contributed by atoms with Gasteiger partial charge in [0.15, 0.2) is 0 Å². The zero-order valence-corrected chi connectivity index (χ0v) is 15.1. The first-order valence-electron chi connectivity index (χ1n) is 8.75. The summed E-state index contributed by atoms with van der Waals surface area (Å²) in [6.07, 6.45) is 5.01. The maximum absolute atomic E-state index is 13.1. The number of rotatable bonds is 3. The molecule has 1 amide bonds. The van der Waals surface area contributed by atoms with Gasteiger partial charge in [0.1, 0.15) is 16.6 Å². The molecule has 0 unspecified atom stereocenters. The molecule has 1 saturated carbocycles. The lowest BCUT2D eigenvalue weighted by Crippen LogP contribution is -2.46. The van der Waals surface area contributed by atoms with Gasteiger partial charge in [-0.05, 0) is 43.4 Å². The highest BCUT2D eigenvalue weighted by Gasteiger charge is 2.53. The number of hydrogen-bond acceptors (Lipinski definition) is 6. The van der Waals surface area contributed by atoms with Crippen molar-refractivity contribution < 1.29 is 14.3 Å². The zero-order valence-electron chi connectivity index (χ0n) is 14.2. The summed E-state index contributed by atoms with van der Waals surface area (Å²) < 4.78 is 14.1. The first kappa shape index (κ1) is 16.4. The molecule has 0 N–H and O–H groups in total. The molecule has 1 aliphatic heterocycles. The predicted octanol–water partition coefficient (Wildman–Crippen LogP) is 2.92. The van der Waals surface area contributed by atoms with Crippen LogP contribution in [-0.2, 0) is 20.9 Å². The third-order valence-corrected chi connectivity index (χ3v) is 5.99. The summed E-state index contributed by atoms with van der Waals surface area (Å²) in [6.45, 7) is 0.493. The molecule has 1 aliphatic carbocycles. The number of fused-ring (bicyclic) bond motifs is 1. The molecule has 1 aromatic carbocycles. The zero-order chi connectivity index (χ0) is 17.4. The second-order valence-electron chi connectivity index (χ2n) is 7.14. The third-order valence-electron chi connectivity index (χ3n) is 5.44. The maximum Gasteiger partial charge on any atom is 0.307 e. The van der Waals surface area contributed by atoms with Crippen molar-refractivity contribution in [2.45, 2.75) is 50.7 Å². The number of aromatic nitrogens is 2. The number of esters is 1. The van der Waals surface area contributed by atoms with E-state index in [1.165, 1.54) is 11.7 Å². The van der Waals surface area contributed by atoms with E-state index in [1.807, 2.05) is 18.2 Å². The fourth-order valence-corrected chi connectivity index (χ4v) is 4.67. The van der Waals surface area contributed by atoms with Gasteiger partial charge in [-0.25, -0.2) is 0 Å². The van der Waals surface area contributed by atoms with Crippen LogP contribution in [0.2, 0.25) is 0 Å². The van der Waals surface area contributed by atoms with E-state index in [-0.39, 0.29) is 24.2 Å². The third kappa shape index (κ3) is 3.01. The highest BCUT2D eigenvalue weighted by atomic mass is 32.1. The number of benzene rings is 1. The van der Waals surface area contributed by atoms with Crippen molar-refractivity contribution in [2.75, 3.05) is 7.05 Å². The molecule has 2 heterocycles. The molecule has 7 heteroatoms. The fraction of sp³-hybridized carbons (Fsp3) is 0.556. The Morgan fingerprint density at radius 1 is 1.28 bits per heavy atom. The highest BCUT2D eigenvalue weighted by molar-refractivity contribution is 7.00. The normalized spacial score (nSPS) is 22.3. The molecule has 132 valence electrons. The number of amides is 1. The quantitative estimate of drug-likeness (QED) is 0.788. The SMILES string of the molecule is CN(Cc1ccc2nsnc2c1)C(=O)[C@H]1CC(=O)OC12CCCCC2. The van der Waals surface area contributed by atoms with Gasteiger partial charge in [0, 0.05) is 13.6 Å². The summed E-state index contributed by atoms with van der Waals surface area (Å²) in [4.78, 5) is 26.7. The highest BCUT2D eigenvalue weighted by Crippen LogP contribution is 2.44. The Hall–Kier alpha value is -2.02. The van der Waals surface area contributed by atoms with E-state index in [2.05, 4.69) is 8.75 Å². The van der Waals surface area contributed by atoms with E-state index in [9.17, 15) is 9.59 Å². The maximum atomic E-state index is 13.1. The van der Waals surface area contributed by atoms with E-state index in [1.54, 1.807) is 11.9 Å². The Kier molecular flexibility index (Phi) is 4.19. The summed E-state index contributed by atoms with van der Waals surface area (Å²) in [7, 11) is 1.80. The molecule has 4 rings (SSSR count). The second-order valence-corrected chi connectivity index (χ2v) is 7.67. The van der Waals surface area contributed by atoms with Crippen LogP contribution in [0.3, 0.4) is 0 Å². The van der Waals surface area contributed by atoms with E-state index >= 15 is 0 Å². The second kappa shape index (κ2) is 6.37. The molecule has 0 radical (unpaired) electrons. The Balaban J connectivity index is 1.51. The van der Waals surface area contributed by atoms with Crippen LogP contribution < -0.4 is 0 Å². The summed E-state index contributed by atoms with van der Waals surface area (Å²) in [6, 6.07) is 5.87. The monoisotopic (exact) mass is 359 g/mol. The van der Waals surface area contributed by atoms with Crippen molar-refractivity contribution in [2.24, 2.45) is 5.92 Å². The summed E-state index contributed by atoms with van der Waals surface area (Å²) in [5.41, 5.74) is 2.17. The lowest BCUT2D eigenvalue weighted by atomic mass is 9.75. The fourth-order valence-electron chi connectivity index (χ4n) is 4.15. The molecule has 2 aliphatic rings. The Morgan fingerprint density at radius 3 is 2.84 bits per heavy atom. The van der Waals surface area contributed by atoms with Crippen molar-refractivity contribution in [3.8, 4) is 0 Å². The van der Waals surface area contributed by atoms with Crippen LogP contribution in [0.15, 0.2) is 18.2 Å². The number of carbonyl (C=O) groups is 2.